The lowest BCUT2D eigenvalue weighted by atomic mass is 10.1. The maximum Gasteiger partial charge on any atom is 0.243 e. The van der Waals surface area contributed by atoms with Gasteiger partial charge in [0.25, 0.3) is 0 Å². The molecular weight excluding hydrogens is 588 g/mol. The standard InChI is InChI=1S/C27H27BrN4O4S2/c1-18-4-11-22(12-5-18)38(34,35)32(15-19-6-9-21(28)10-7-19)16-26(33)30-23-14-20(8-13-25(23)36-3)24-17-37-27(29-2)31-24/h4-14,17H,15-16H2,1-3H3,(H,29,31)(H,30,33). The molecule has 0 aliphatic carbocycles. The number of benzene rings is 3. The Kier molecular flexibility index (Phi) is 8.83. The Bertz CT molecular complexity index is 1520. The van der Waals surface area contributed by atoms with Crippen LogP contribution in [0.4, 0.5) is 10.8 Å². The number of anilines is 2. The van der Waals surface area contributed by atoms with Crippen LogP contribution >= 0.6 is 27.3 Å². The summed E-state index contributed by atoms with van der Waals surface area (Å²) in [6.45, 7) is 1.52. The lowest BCUT2D eigenvalue weighted by molar-refractivity contribution is -0.116. The van der Waals surface area contributed by atoms with Gasteiger partial charge in [0.2, 0.25) is 15.9 Å². The highest BCUT2D eigenvalue weighted by Crippen LogP contribution is 2.32. The Morgan fingerprint density at radius 3 is 2.42 bits per heavy atom. The quantitative estimate of drug-likeness (QED) is 0.235. The van der Waals surface area contributed by atoms with Crippen LogP contribution in [0.3, 0.4) is 0 Å². The van der Waals surface area contributed by atoms with Gasteiger partial charge in [-0.3, -0.25) is 4.79 Å². The van der Waals surface area contributed by atoms with Crippen molar-refractivity contribution in [3.63, 3.8) is 0 Å². The second kappa shape index (κ2) is 12.1. The zero-order valence-corrected chi connectivity index (χ0v) is 24.3. The second-order valence-corrected chi connectivity index (χ2v) is 12.2. The molecule has 0 aliphatic rings. The molecule has 4 aromatic rings. The Balaban J connectivity index is 1.61. The van der Waals surface area contributed by atoms with E-state index in [1.54, 1.807) is 43.4 Å². The number of rotatable bonds is 10. The summed E-state index contributed by atoms with van der Waals surface area (Å²) < 4.78 is 34.7. The SMILES string of the molecule is CNc1nc(-c2ccc(OC)c(NC(=O)CN(Cc3ccc(Br)cc3)S(=O)(=O)c3ccc(C)cc3)c2)cs1. The van der Waals surface area contributed by atoms with E-state index in [-0.39, 0.29) is 18.0 Å². The summed E-state index contributed by atoms with van der Waals surface area (Å²) >= 11 is 4.87. The highest BCUT2D eigenvalue weighted by Gasteiger charge is 2.27. The van der Waals surface area contributed by atoms with E-state index in [1.807, 2.05) is 42.6 Å². The topological polar surface area (TPSA) is 101 Å². The number of amides is 1. The molecule has 0 saturated heterocycles. The number of sulfonamides is 1. The molecule has 2 N–H and O–H groups in total. The number of carbonyl (C=O) groups is 1. The van der Waals surface area contributed by atoms with Gasteiger partial charge in [-0.1, -0.05) is 45.8 Å². The molecule has 1 heterocycles. The van der Waals surface area contributed by atoms with Crippen molar-refractivity contribution in [2.75, 3.05) is 31.3 Å². The Morgan fingerprint density at radius 2 is 1.79 bits per heavy atom. The summed E-state index contributed by atoms with van der Waals surface area (Å²) in [6, 6.07) is 19.2. The van der Waals surface area contributed by atoms with E-state index < -0.39 is 15.9 Å². The predicted octanol–water partition coefficient (Wildman–Crippen LogP) is 5.76. The summed E-state index contributed by atoms with van der Waals surface area (Å²) in [7, 11) is -0.660. The van der Waals surface area contributed by atoms with Crippen molar-refractivity contribution < 1.29 is 17.9 Å². The van der Waals surface area contributed by atoms with Gasteiger partial charge in [-0.25, -0.2) is 13.4 Å². The third-order valence-corrected chi connectivity index (χ3v) is 8.93. The lowest BCUT2D eigenvalue weighted by Gasteiger charge is -2.22. The summed E-state index contributed by atoms with van der Waals surface area (Å²) in [6.07, 6.45) is 0. The maximum absolute atomic E-state index is 13.6. The number of thiazole rings is 1. The van der Waals surface area contributed by atoms with Crippen molar-refractivity contribution in [3.05, 3.63) is 87.7 Å². The van der Waals surface area contributed by atoms with Gasteiger partial charge in [0.1, 0.15) is 5.75 Å². The molecule has 4 rings (SSSR count). The van der Waals surface area contributed by atoms with Crippen molar-refractivity contribution in [1.82, 2.24) is 9.29 Å². The van der Waals surface area contributed by atoms with Crippen LogP contribution in [-0.2, 0) is 21.4 Å². The zero-order chi connectivity index (χ0) is 27.3. The highest BCUT2D eigenvalue weighted by molar-refractivity contribution is 9.10. The van der Waals surface area contributed by atoms with Crippen LogP contribution in [0.15, 0.2) is 81.5 Å². The van der Waals surface area contributed by atoms with Crippen LogP contribution in [0.25, 0.3) is 11.3 Å². The van der Waals surface area contributed by atoms with Gasteiger partial charge in [-0.2, -0.15) is 4.31 Å². The summed E-state index contributed by atoms with van der Waals surface area (Å²) in [5, 5.41) is 8.52. The number of hydrogen-bond donors (Lipinski definition) is 2. The number of carbonyl (C=O) groups excluding carboxylic acids is 1. The molecule has 0 atom stereocenters. The van der Waals surface area contributed by atoms with Gasteiger partial charge in [0.05, 0.1) is 29.9 Å². The number of hydrogen-bond acceptors (Lipinski definition) is 7. The Hall–Kier alpha value is -3.25. The normalized spacial score (nSPS) is 11.4. The molecule has 0 aliphatic heterocycles. The summed E-state index contributed by atoms with van der Waals surface area (Å²) in [5.41, 5.74) is 3.65. The van der Waals surface area contributed by atoms with Gasteiger partial charge < -0.3 is 15.4 Å². The molecule has 0 saturated carbocycles. The maximum atomic E-state index is 13.6. The monoisotopic (exact) mass is 614 g/mol. The fraction of sp³-hybridized carbons (Fsp3) is 0.185. The molecule has 8 nitrogen and oxygen atoms in total. The highest BCUT2D eigenvalue weighted by atomic mass is 79.9. The van der Waals surface area contributed by atoms with Crippen LogP contribution < -0.4 is 15.4 Å². The first-order valence-corrected chi connectivity index (χ1v) is 14.7. The van der Waals surface area contributed by atoms with E-state index >= 15 is 0 Å². The second-order valence-electron chi connectivity index (χ2n) is 8.46. The van der Waals surface area contributed by atoms with Crippen LogP contribution in [-0.4, -0.2) is 44.3 Å². The first-order valence-electron chi connectivity index (χ1n) is 11.6. The van der Waals surface area contributed by atoms with Gasteiger partial charge in [0.15, 0.2) is 5.13 Å². The lowest BCUT2D eigenvalue weighted by Crippen LogP contribution is -2.37. The van der Waals surface area contributed by atoms with Crippen molar-refractivity contribution in [2.45, 2.75) is 18.4 Å². The number of ether oxygens (including phenoxy) is 1. The van der Waals surface area contributed by atoms with Crippen LogP contribution in [0.5, 0.6) is 5.75 Å². The van der Waals surface area contributed by atoms with E-state index in [0.29, 0.717) is 11.4 Å². The van der Waals surface area contributed by atoms with Crippen LogP contribution in [0, 0.1) is 6.92 Å². The molecule has 0 bridgehead atoms. The van der Waals surface area contributed by atoms with Crippen LogP contribution in [0.1, 0.15) is 11.1 Å². The van der Waals surface area contributed by atoms with Crippen molar-refractivity contribution in [2.24, 2.45) is 0 Å². The molecule has 38 heavy (non-hydrogen) atoms. The molecule has 198 valence electrons. The van der Waals surface area contributed by atoms with Crippen molar-refractivity contribution in [1.29, 1.82) is 0 Å². The van der Waals surface area contributed by atoms with Crippen molar-refractivity contribution >= 4 is 54.0 Å². The van der Waals surface area contributed by atoms with E-state index in [1.165, 1.54) is 22.8 Å². The average molecular weight is 616 g/mol. The van der Waals surface area contributed by atoms with E-state index in [0.717, 1.165) is 32.0 Å². The zero-order valence-electron chi connectivity index (χ0n) is 21.1. The molecular formula is C27H27BrN4O4S2. The fourth-order valence-corrected chi connectivity index (χ4v) is 6.04. The number of halogens is 1. The number of aromatic nitrogens is 1. The smallest absolute Gasteiger partial charge is 0.243 e. The minimum Gasteiger partial charge on any atom is -0.495 e. The molecule has 1 amide bonds. The third-order valence-electron chi connectivity index (χ3n) is 5.74. The molecule has 0 radical (unpaired) electrons. The predicted molar refractivity (Wildman–Crippen MR) is 155 cm³/mol. The van der Waals surface area contributed by atoms with E-state index in [9.17, 15) is 13.2 Å². The third kappa shape index (κ3) is 6.60. The van der Waals surface area contributed by atoms with E-state index in [4.69, 9.17) is 4.74 Å². The van der Waals surface area contributed by atoms with Gasteiger partial charge in [-0.05, 0) is 55.0 Å². The van der Waals surface area contributed by atoms with Gasteiger partial charge in [0, 0.05) is 29.0 Å². The number of aryl methyl sites for hydroxylation is 1. The molecule has 3 aromatic carbocycles. The first-order chi connectivity index (χ1) is 18.2. The molecule has 11 heteroatoms. The molecule has 1 aromatic heterocycles. The minimum atomic E-state index is -3.97. The van der Waals surface area contributed by atoms with Crippen LogP contribution in [0.2, 0.25) is 0 Å². The Morgan fingerprint density at radius 1 is 1.08 bits per heavy atom. The fourth-order valence-electron chi connectivity index (χ4n) is 3.71. The van der Waals surface area contributed by atoms with Gasteiger partial charge >= 0.3 is 0 Å². The summed E-state index contributed by atoms with van der Waals surface area (Å²) in [4.78, 5) is 17.9. The van der Waals surface area contributed by atoms with E-state index in [2.05, 4.69) is 31.5 Å². The molecule has 0 fully saturated rings. The van der Waals surface area contributed by atoms with Crippen molar-refractivity contribution in [3.8, 4) is 17.0 Å². The minimum absolute atomic E-state index is 0.0275. The molecule has 0 unspecified atom stereocenters. The number of methoxy groups -OCH3 is 1. The molecule has 0 spiro atoms. The largest absolute Gasteiger partial charge is 0.495 e. The van der Waals surface area contributed by atoms with Gasteiger partial charge in [-0.15, -0.1) is 11.3 Å². The number of nitrogens with one attached hydrogen (secondary N) is 2. The number of nitrogens with zero attached hydrogens (tertiary/aromatic N) is 2. The summed E-state index contributed by atoms with van der Waals surface area (Å²) in [5.74, 6) is -0.0468. The Labute approximate surface area is 234 Å². The first kappa shape index (κ1) is 27.8. The average Bonchev–Trinajstić information content (AvgIpc) is 3.39.